The highest BCUT2D eigenvalue weighted by molar-refractivity contribution is 6.29. The zero-order chi connectivity index (χ0) is 13.7. The number of rotatable bonds is 5. The lowest BCUT2D eigenvalue weighted by Crippen LogP contribution is -2.29. The van der Waals surface area contributed by atoms with Gasteiger partial charge in [0.05, 0.1) is 5.69 Å². The normalized spacial score (nSPS) is 14.4. The topological polar surface area (TPSA) is 67.2 Å². The minimum Gasteiger partial charge on any atom is -0.352 e. The summed E-state index contributed by atoms with van der Waals surface area (Å²) in [6.45, 7) is 4.33. The molecule has 2 rings (SSSR count). The van der Waals surface area contributed by atoms with Crippen LogP contribution < -0.4 is 10.6 Å². The first-order valence-corrected chi connectivity index (χ1v) is 6.80. The lowest BCUT2D eigenvalue weighted by molar-refractivity contribution is -0.120. The summed E-state index contributed by atoms with van der Waals surface area (Å²) >= 11 is 5.85. The van der Waals surface area contributed by atoms with Crippen LogP contribution in [0, 0.1) is 6.92 Å². The van der Waals surface area contributed by atoms with Gasteiger partial charge >= 0.3 is 0 Å². The fourth-order valence-electron chi connectivity index (χ4n) is 2.01. The van der Waals surface area contributed by atoms with Crippen molar-refractivity contribution in [3.63, 3.8) is 0 Å². The van der Waals surface area contributed by atoms with Gasteiger partial charge in [0.1, 0.15) is 0 Å². The van der Waals surface area contributed by atoms with Gasteiger partial charge in [-0.3, -0.25) is 4.79 Å². The highest BCUT2D eigenvalue weighted by Crippen LogP contribution is 2.20. The van der Waals surface area contributed by atoms with E-state index in [0.29, 0.717) is 19.4 Å². The second-order valence-corrected chi connectivity index (χ2v) is 4.96. The Hall–Kier alpha value is -1.04. The van der Waals surface area contributed by atoms with E-state index >= 15 is 0 Å². The number of aryl methyl sites for hydroxylation is 1. The van der Waals surface area contributed by atoms with Crippen molar-refractivity contribution < 1.29 is 9.32 Å². The standard InChI is InChI=1S/C13H18ClN3O2.ClH/c1-9-11(13(14)19-17-9)2-3-12(18)16-8-10-4-6-15-7-5-10;/h4,15H,2-3,5-8H2,1H3,(H,16,18);1H. The maximum Gasteiger partial charge on any atom is 0.229 e. The largest absolute Gasteiger partial charge is 0.352 e. The molecule has 1 aromatic rings. The Labute approximate surface area is 129 Å². The average Bonchev–Trinajstić information content (AvgIpc) is 2.75. The predicted octanol–water partition coefficient (Wildman–Crippen LogP) is 2.03. The van der Waals surface area contributed by atoms with E-state index in [0.717, 1.165) is 30.8 Å². The molecule has 1 aliphatic rings. The molecule has 0 aromatic carbocycles. The molecule has 0 saturated heterocycles. The van der Waals surface area contributed by atoms with Gasteiger partial charge in [0.2, 0.25) is 11.1 Å². The molecule has 0 bridgehead atoms. The molecule has 1 amide bonds. The predicted molar refractivity (Wildman–Crippen MR) is 80.4 cm³/mol. The smallest absolute Gasteiger partial charge is 0.229 e. The second-order valence-electron chi connectivity index (χ2n) is 4.61. The van der Waals surface area contributed by atoms with Crippen molar-refractivity contribution in [1.29, 1.82) is 0 Å². The van der Waals surface area contributed by atoms with Crippen molar-refractivity contribution in [3.05, 3.63) is 28.1 Å². The molecule has 0 unspecified atom stereocenters. The molecule has 1 aromatic heterocycles. The van der Waals surface area contributed by atoms with Crippen molar-refractivity contribution in [2.24, 2.45) is 0 Å². The van der Waals surface area contributed by atoms with Crippen molar-refractivity contribution in [3.8, 4) is 0 Å². The summed E-state index contributed by atoms with van der Waals surface area (Å²) in [6, 6.07) is 0. The molecular weight excluding hydrogens is 301 g/mol. The number of aromatic nitrogens is 1. The van der Waals surface area contributed by atoms with E-state index in [9.17, 15) is 4.79 Å². The zero-order valence-corrected chi connectivity index (χ0v) is 12.9. The van der Waals surface area contributed by atoms with E-state index < -0.39 is 0 Å². The monoisotopic (exact) mass is 319 g/mol. The SMILES string of the molecule is Cc1noc(Cl)c1CCC(=O)NCC1=CCNCC1.Cl. The third-order valence-electron chi connectivity index (χ3n) is 3.21. The molecule has 0 aliphatic carbocycles. The van der Waals surface area contributed by atoms with Crippen LogP contribution in [0.3, 0.4) is 0 Å². The molecule has 2 N–H and O–H groups in total. The Morgan fingerprint density at radius 3 is 3.00 bits per heavy atom. The first-order valence-electron chi connectivity index (χ1n) is 6.43. The summed E-state index contributed by atoms with van der Waals surface area (Å²) in [5.41, 5.74) is 2.85. The van der Waals surface area contributed by atoms with Crippen LogP contribution in [0.2, 0.25) is 5.22 Å². The van der Waals surface area contributed by atoms with Gasteiger partial charge in [-0.2, -0.15) is 0 Å². The van der Waals surface area contributed by atoms with Crippen LogP contribution in [0.5, 0.6) is 0 Å². The zero-order valence-electron chi connectivity index (χ0n) is 11.4. The Morgan fingerprint density at radius 1 is 1.60 bits per heavy atom. The molecule has 0 atom stereocenters. The molecule has 0 fully saturated rings. The maximum absolute atomic E-state index is 11.8. The quantitative estimate of drug-likeness (QED) is 0.815. The van der Waals surface area contributed by atoms with Crippen LogP contribution in [0.25, 0.3) is 0 Å². The molecule has 2 heterocycles. The third-order valence-corrected chi connectivity index (χ3v) is 3.51. The number of carbonyl (C=O) groups is 1. The van der Waals surface area contributed by atoms with Crippen LogP contribution in [-0.2, 0) is 11.2 Å². The Bertz CT molecular complexity index is 466. The number of nitrogens with one attached hydrogen (secondary N) is 2. The van der Waals surface area contributed by atoms with E-state index in [1.807, 2.05) is 6.92 Å². The Kier molecular flexibility index (Phi) is 7.05. The fraction of sp³-hybridized carbons (Fsp3) is 0.538. The van der Waals surface area contributed by atoms with Crippen LogP contribution in [-0.4, -0.2) is 30.7 Å². The summed E-state index contributed by atoms with van der Waals surface area (Å²) in [5, 5.41) is 10.2. The Balaban J connectivity index is 0.00000200. The fourth-order valence-corrected chi connectivity index (χ4v) is 2.28. The molecule has 1 aliphatic heterocycles. The lowest BCUT2D eigenvalue weighted by Gasteiger charge is -2.14. The third kappa shape index (κ3) is 4.81. The van der Waals surface area contributed by atoms with E-state index in [-0.39, 0.29) is 23.5 Å². The minimum absolute atomic E-state index is 0. The highest BCUT2D eigenvalue weighted by atomic mass is 35.5. The van der Waals surface area contributed by atoms with E-state index in [1.54, 1.807) is 0 Å². The summed E-state index contributed by atoms with van der Waals surface area (Å²) in [5.74, 6) is 0.0242. The highest BCUT2D eigenvalue weighted by Gasteiger charge is 2.12. The molecule has 0 saturated carbocycles. The summed E-state index contributed by atoms with van der Waals surface area (Å²) in [6.07, 6.45) is 4.08. The lowest BCUT2D eigenvalue weighted by atomic mass is 10.1. The number of nitrogens with zero attached hydrogens (tertiary/aromatic N) is 1. The van der Waals surface area contributed by atoms with Gasteiger partial charge in [-0.1, -0.05) is 16.8 Å². The maximum atomic E-state index is 11.8. The summed E-state index contributed by atoms with van der Waals surface area (Å²) in [7, 11) is 0. The van der Waals surface area contributed by atoms with Gasteiger partial charge in [-0.05, 0) is 37.9 Å². The van der Waals surface area contributed by atoms with Crippen molar-refractivity contribution in [1.82, 2.24) is 15.8 Å². The molecule has 0 radical (unpaired) electrons. The van der Waals surface area contributed by atoms with Crippen LogP contribution in [0.4, 0.5) is 0 Å². The van der Waals surface area contributed by atoms with Gasteiger partial charge in [0, 0.05) is 25.1 Å². The van der Waals surface area contributed by atoms with Gasteiger partial charge in [0.25, 0.3) is 0 Å². The molecular formula is C13H19Cl2N3O2. The number of halogens is 2. The van der Waals surface area contributed by atoms with Crippen LogP contribution in [0.1, 0.15) is 24.1 Å². The van der Waals surface area contributed by atoms with Crippen molar-refractivity contribution >= 4 is 29.9 Å². The number of carbonyl (C=O) groups excluding carboxylic acids is 1. The van der Waals surface area contributed by atoms with Gasteiger partial charge in [0.15, 0.2) is 0 Å². The van der Waals surface area contributed by atoms with E-state index in [4.69, 9.17) is 16.1 Å². The number of hydrogen-bond donors (Lipinski definition) is 2. The molecule has 0 spiro atoms. The first-order chi connectivity index (χ1) is 9.16. The number of hydrogen-bond acceptors (Lipinski definition) is 4. The molecule has 20 heavy (non-hydrogen) atoms. The van der Waals surface area contributed by atoms with E-state index in [2.05, 4.69) is 21.9 Å². The first kappa shape index (κ1) is 17.0. The van der Waals surface area contributed by atoms with Gasteiger partial charge in [-0.15, -0.1) is 12.4 Å². The van der Waals surface area contributed by atoms with Crippen LogP contribution in [0.15, 0.2) is 16.2 Å². The molecule has 7 heteroatoms. The van der Waals surface area contributed by atoms with Gasteiger partial charge < -0.3 is 15.2 Å². The minimum atomic E-state index is 0. The number of amides is 1. The van der Waals surface area contributed by atoms with Gasteiger partial charge in [-0.25, -0.2) is 0 Å². The molecule has 112 valence electrons. The van der Waals surface area contributed by atoms with Crippen LogP contribution >= 0.6 is 24.0 Å². The van der Waals surface area contributed by atoms with Crippen molar-refractivity contribution in [2.45, 2.75) is 26.2 Å². The summed E-state index contributed by atoms with van der Waals surface area (Å²) in [4.78, 5) is 11.8. The second kappa shape index (κ2) is 8.29. The Morgan fingerprint density at radius 2 is 2.40 bits per heavy atom. The molecule has 5 nitrogen and oxygen atoms in total. The van der Waals surface area contributed by atoms with E-state index in [1.165, 1.54) is 5.57 Å². The van der Waals surface area contributed by atoms with Crippen molar-refractivity contribution in [2.75, 3.05) is 19.6 Å². The summed E-state index contributed by atoms with van der Waals surface area (Å²) < 4.78 is 4.85. The average molecular weight is 320 g/mol.